The van der Waals surface area contributed by atoms with Gasteiger partial charge < -0.3 is 19.9 Å². The van der Waals surface area contributed by atoms with Crippen molar-refractivity contribution in [3.8, 4) is 0 Å². The molecule has 0 aromatic heterocycles. The van der Waals surface area contributed by atoms with Gasteiger partial charge in [0.25, 0.3) is 5.91 Å². The van der Waals surface area contributed by atoms with Crippen LogP contribution in [0, 0.1) is 11.7 Å². The SMILES string of the molecule is COCCN1C(=O)c2ccccc2C(C(=O)NCCCN2CCC(C)CC2)C1c1ccc(F)cc1. The third kappa shape index (κ3) is 5.90. The number of hydrogen-bond donors (Lipinski definition) is 1. The number of rotatable bonds is 9. The Morgan fingerprint density at radius 3 is 2.51 bits per heavy atom. The van der Waals surface area contributed by atoms with Gasteiger partial charge in [-0.15, -0.1) is 0 Å². The minimum absolute atomic E-state index is 0.117. The summed E-state index contributed by atoms with van der Waals surface area (Å²) in [5, 5.41) is 3.14. The third-order valence-corrected chi connectivity index (χ3v) is 7.30. The van der Waals surface area contributed by atoms with Crippen LogP contribution in [-0.4, -0.2) is 68.1 Å². The number of carbonyl (C=O) groups excluding carboxylic acids is 2. The average molecular weight is 482 g/mol. The Balaban J connectivity index is 1.55. The molecule has 4 rings (SSSR count). The second-order valence-corrected chi connectivity index (χ2v) is 9.72. The fourth-order valence-corrected chi connectivity index (χ4v) is 5.25. The summed E-state index contributed by atoms with van der Waals surface area (Å²) in [4.78, 5) is 31.3. The monoisotopic (exact) mass is 481 g/mol. The number of benzene rings is 2. The smallest absolute Gasteiger partial charge is 0.254 e. The van der Waals surface area contributed by atoms with E-state index in [2.05, 4.69) is 17.1 Å². The highest BCUT2D eigenvalue weighted by atomic mass is 19.1. The van der Waals surface area contributed by atoms with Gasteiger partial charge in [0.1, 0.15) is 5.82 Å². The highest BCUT2D eigenvalue weighted by Gasteiger charge is 2.43. The molecule has 0 aliphatic carbocycles. The Kier molecular flexibility index (Phi) is 8.52. The van der Waals surface area contributed by atoms with E-state index in [1.54, 1.807) is 30.2 Å². The van der Waals surface area contributed by atoms with Crippen LogP contribution in [-0.2, 0) is 9.53 Å². The lowest BCUT2D eigenvalue weighted by Gasteiger charge is -2.41. The maximum absolute atomic E-state index is 13.7. The second-order valence-electron chi connectivity index (χ2n) is 9.72. The van der Waals surface area contributed by atoms with Crippen LogP contribution in [0.3, 0.4) is 0 Å². The molecule has 0 bridgehead atoms. The van der Waals surface area contributed by atoms with Gasteiger partial charge in [0.05, 0.1) is 18.6 Å². The summed E-state index contributed by atoms with van der Waals surface area (Å²) in [6, 6.07) is 12.8. The lowest BCUT2D eigenvalue weighted by molar-refractivity contribution is -0.124. The second kappa shape index (κ2) is 11.8. The Labute approximate surface area is 207 Å². The number of fused-ring (bicyclic) bond motifs is 1. The van der Waals surface area contributed by atoms with Gasteiger partial charge in [0.2, 0.25) is 5.91 Å². The minimum atomic E-state index is -0.595. The van der Waals surface area contributed by atoms with Crippen LogP contribution < -0.4 is 5.32 Å². The van der Waals surface area contributed by atoms with Gasteiger partial charge in [0, 0.05) is 25.8 Å². The number of piperidine rings is 1. The van der Waals surface area contributed by atoms with Crippen molar-refractivity contribution in [3.05, 3.63) is 71.0 Å². The fraction of sp³-hybridized carbons (Fsp3) is 0.500. The number of carbonyl (C=O) groups is 2. The van der Waals surface area contributed by atoms with E-state index in [1.165, 1.54) is 25.0 Å². The van der Waals surface area contributed by atoms with Gasteiger partial charge in [-0.3, -0.25) is 9.59 Å². The van der Waals surface area contributed by atoms with E-state index in [0.717, 1.165) is 37.5 Å². The van der Waals surface area contributed by atoms with Gasteiger partial charge in [-0.25, -0.2) is 4.39 Å². The zero-order valence-corrected chi connectivity index (χ0v) is 20.7. The normalized spacial score (nSPS) is 21.1. The molecule has 1 saturated heterocycles. The van der Waals surface area contributed by atoms with Crippen molar-refractivity contribution >= 4 is 11.8 Å². The minimum Gasteiger partial charge on any atom is -0.383 e. The number of nitrogens with zero attached hydrogens (tertiary/aromatic N) is 2. The average Bonchev–Trinajstić information content (AvgIpc) is 2.87. The van der Waals surface area contributed by atoms with Gasteiger partial charge in [0.15, 0.2) is 0 Å². The molecule has 0 saturated carbocycles. The highest BCUT2D eigenvalue weighted by Crippen LogP contribution is 2.42. The Morgan fingerprint density at radius 2 is 1.80 bits per heavy atom. The number of amides is 2. The summed E-state index contributed by atoms with van der Waals surface area (Å²) in [6.07, 6.45) is 3.34. The molecule has 0 spiro atoms. The molecule has 1 fully saturated rings. The standard InChI is InChI=1S/C28H36FN3O3/c1-20-12-16-31(17-13-20)15-5-14-30-27(33)25-23-6-3-4-7-24(23)28(34)32(18-19-35-2)26(25)21-8-10-22(29)11-9-21/h3-4,6-11,20,25-26H,5,12-19H2,1-2H3,(H,30,33). The first-order valence-corrected chi connectivity index (χ1v) is 12.6. The van der Waals surface area contributed by atoms with E-state index in [9.17, 15) is 14.0 Å². The summed E-state index contributed by atoms with van der Waals surface area (Å²) in [6.45, 7) is 6.76. The molecule has 7 heteroatoms. The van der Waals surface area contributed by atoms with Crippen molar-refractivity contribution in [1.29, 1.82) is 0 Å². The first-order valence-electron chi connectivity index (χ1n) is 12.6. The lowest BCUT2D eigenvalue weighted by Crippen LogP contribution is -2.48. The van der Waals surface area contributed by atoms with Crippen molar-refractivity contribution in [2.45, 2.75) is 38.1 Å². The molecule has 2 aliphatic heterocycles. The van der Waals surface area contributed by atoms with E-state index in [-0.39, 0.29) is 17.6 Å². The maximum atomic E-state index is 13.7. The zero-order chi connectivity index (χ0) is 24.8. The van der Waals surface area contributed by atoms with Crippen molar-refractivity contribution in [2.75, 3.05) is 46.4 Å². The van der Waals surface area contributed by atoms with E-state index in [0.29, 0.717) is 30.8 Å². The van der Waals surface area contributed by atoms with E-state index in [1.807, 2.05) is 18.2 Å². The van der Waals surface area contributed by atoms with Crippen LogP contribution in [0.1, 0.15) is 59.6 Å². The van der Waals surface area contributed by atoms with Crippen LogP contribution in [0.5, 0.6) is 0 Å². The third-order valence-electron chi connectivity index (χ3n) is 7.30. The summed E-state index contributed by atoms with van der Waals surface area (Å²) >= 11 is 0. The number of halogens is 1. The Bertz CT molecular complexity index is 1000. The maximum Gasteiger partial charge on any atom is 0.254 e. The van der Waals surface area contributed by atoms with Crippen LogP contribution >= 0.6 is 0 Å². The molecule has 2 aromatic carbocycles. The summed E-state index contributed by atoms with van der Waals surface area (Å²) in [5.74, 6) is -0.413. The quantitative estimate of drug-likeness (QED) is 0.550. The van der Waals surface area contributed by atoms with E-state index >= 15 is 0 Å². The molecule has 1 N–H and O–H groups in total. The molecule has 2 unspecified atom stereocenters. The molecular weight excluding hydrogens is 445 g/mol. The van der Waals surface area contributed by atoms with Crippen molar-refractivity contribution < 1.29 is 18.7 Å². The summed E-state index contributed by atoms with van der Waals surface area (Å²) in [7, 11) is 1.59. The molecule has 2 amide bonds. The number of likely N-dealkylation sites (tertiary alicyclic amines) is 1. The topological polar surface area (TPSA) is 61.9 Å². The predicted molar refractivity (Wildman–Crippen MR) is 134 cm³/mol. The van der Waals surface area contributed by atoms with Crippen molar-refractivity contribution in [1.82, 2.24) is 15.1 Å². The lowest BCUT2D eigenvalue weighted by atomic mass is 9.79. The van der Waals surface area contributed by atoms with Crippen LogP contribution in [0.15, 0.2) is 48.5 Å². The Hall–Kier alpha value is -2.77. The molecule has 2 aromatic rings. The number of hydrogen-bond acceptors (Lipinski definition) is 4. The van der Waals surface area contributed by atoms with Gasteiger partial charge in [-0.1, -0.05) is 37.3 Å². The molecule has 2 aliphatic rings. The van der Waals surface area contributed by atoms with Gasteiger partial charge in [-0.2, -0.15) is 0 Å². The molecule has 6 nitrogen and oxygen atoms in total. The largest absolute Gasteiger partial charge is 0.383 e. The van der Waals surface area contributed by atoms with Gasteiger partial charge >= 0.3 is 0 Å². The van der Waals surface area contributed by atoms with E-state index in [4.69, 9.17) is 4.74 Å². The number of ether oxygens (including phenoxy) is 1. The summed E-state index contributed by atoms with van der Waals surface area (Å²) in [5.41, 5.74) is 1.97. The Morgan fingerprint density at radius 1 is 1.09 bits per heavy atom. The molecule has 0 radical (unpaired) electrons. The fourth-order valence-electron chi connectivity index (χ4n) is 5.25. The van der Waals surface area contributed by atoms with Crippen molar-refractivity contribution in [2.24, 2.45) is 5.92 Å². The molecular formula is C28H36FN3O3. The predicted octanol–water partition coefficient (Wildman–Crippen LogP) is 3.99. The van der Waals surface area contributed by atoms with Crippen molar-refractivity contribution in [3.63, 3.8) is 0 Å². The molecule has 35 heavy (non-hydrogen) atoms. The van der Waals surface area contributed by atoms with Crippen LogP contribution in [0.4, 0.5) is 4.39 Å². The summed E-state index contributed by atoms with van der Waals surface area (Å²) < 4.78 is 19.0. The first kappa shape index (κ1) is 25.3. The molecule has 188 valence electrons. The van der Waals surface area contributed by atoms with E-state index < -0.39 is 12.0 Å². The number of nitrogens with one attached hydrogen (secondary N) is 1. The highest BCUT2D eigenvalue weighted by molar-refractivity contribution is 6.01. The van der Waals surface area contributed by atoms with Crippen LogP contribution in [0.2, 0.25) is 0 Å². The molecule has 2 atom stereocenters. The zero-order valence-electron chi connectivity index (χ0n) is 20.7. The van der Waals surface area contributed by atoms with Crippen LogP contribution in [0.25, 0.3) is 0 Å². The molecule has 2 heterocycles. The number of methoxy groups -OCH3 is 1. The first-order chi connectivity index (χ1) is 17.0. The van der Waals surface area contributed by atoms with Gasteiger partial charge in [-0.05, 0) is 74.1 Å².